The van der Waals surface area contributed by atoms with E-state index in [1.807, 2.05) is 0 Å². The van der Waals surface area contributed by atoms with Gasteiger partial charge in [-0.3, -0.25) is 0 Å². The molecule has 0 bridgehead atoms. The van der Waals surface area contributed by atoms with Crippen LogP contribution >= 0.6 is 0 Å². The van der Waals surface area contributed by atoms with Gasteiger partial charge in [-0.2, -0.15) is 0 Å². The zero-order valence-corrected chi connectivity index (χ0v) is 7.97. The van der Waals surface area contributed by atoms with E-state index in [0.29, 0.717) is 13.2 Å². The Kier molecular flexibility index (Phi) is 20.5. The van der Waals surface area contributed by atoms with Crippen LogP contribution in [0.15, 0.2) is 0 Å². The average molecular weight is 264 g/mol. The molecule has 0 aromatic carbocycles. The monoisotopic (exact) mass is 264 g/mol. The number of aliphatic hydroxyl groups is 2. The van der Waals surface area contributed by atoms with Gasteiger partial charge in [0, 0.05) is 13.2 Å². The second-order valence-corrected chi connectivity index (χ2v) is 3.28. The minimum atomic E-state index is 0. The standard InChI is InChI=1S/C10H22O2.Sr.2H/c11-9-7-5-3-1-2-4-6-8-10-12;;;/h11-12H,1-10H2;;;. The van der Waals surface area contributed by atoms with Crippen molar-refractivity contribution in [3.05, 3.63) is 0 Å². The van der Waals surface area contributed by atoms with Gasteiger partial charge in [0.15, 0.2) is 0 Å². The van der Waals surface area contributed by atoms with Gasteiger partial charge in [0.2, 0.25) is 0 Å². The molecule has 0 aliphatic carbocycles. The summed E-state index contributed by atoms with van der Waals surface area (Å²) in [5.41, 5.74) is 0. The van der Waals surface area contributed by atoms with Gasteiger partial charge in [-0.05, 0) is 12.8 Å². The fourth-order valence-electron chi connectivity index (χ4n) is 1.28. The molecule has 2 N–H and O–H groups in total. The van der Waals surface area contributed by atoms with Crippen molar-refractivity contribution in [2.45, 2.75) is 51.4 Å². The average Bonchev–Trinajstić information content (AvgIpc) is 2.10. The summed E-state index contributed by atoms with van der Waals surface area (Å²) in [6.45, 7) is 0.676. The molecule has 0 aromatic rings. The molecule has 78 valence electrons. The molecule has 0 rings (SSSR count). The molecule has 0 aliphatic rings. The van der Waals surface area contributed by atoms with Crippen LogP contribution in [0.5, 0.6) is 0 Å². The van der Waals surface area contributed by atoms with E-state index in [9.17, 15) is 0 Å². The van der Waals surface area contributed by atoms with Crippen molar-refractivity contribution in [3.8, 4) is 0 Å². The summed E-state index contributed by atoms with van der Waals surface area (Å²) in [4.78, 5) is 0. The normalized spacial score (nSPS) is 9.69. The van der Waals surface area contributed by atoms with E-state index in [0.717, 1.165) is 25.7 Å². The zero-order valence-electron chi connectivity index (χ0n) is 7.97. The number of unbranched alkanes of at least 4 members (excludes halogenated alkanes) is 7. The van der Waals surface area contributed by atoms with Crippen LogP contribution in [-0.4, -0.2) is 68.9 Å². The third-order valence-electron chi connectivity index (χ3n) is 2.07. The fraction of sp³-hybridized carbons (Fsp3) is 1.00. The third-order valence-corrected chi connectivity index (χ3v) is 2.07. The van der Waals surface area contributed by atoms with Gasteiger partial charge in [-0.1, -0.05) is 38.5 Å². The molecular formula is C10H24O2Sr. The molecule has 0 aliphatic heterocycles. The second kappa shape index (κ2) is 15.9. The van der Waals surface area contributed by atoms with Crippen LogP contribution < -0.4 is 0 Å². The summed E-state index contributed by atoms with van der Waals surface area (Å²) < 4.78 is 0. The number of aliphatic hydroxyl groups excluding tert-OH is 2. The first-order valence-electron chi connectivity index (χ1n) is 5.13. The molecule has 0 heterocycles. The molecule has 0 saturated heterocycles. The van der Waals surface area contributed by atoms with Gasteiger partial charge >= 0.3 is 45.5 Å². The number of hydrogen-bond donors (Lipinski definition) is 2. The first kappa shape index (κ1) is 16.8. The molecule has 0 radical (unpaired) electrons. The third kappa shape index (κ3) is 16.1. The van der Waals surface area contributed by atoms with Crippen LogP contribution in [0.3, 0.4) is 0 Å². The Labute approximate surface area is 119 Å². The molecule has 0 unspecified atom stereocenters. The summed E-state index contributed by atoms with van der Waals surface area (Å²) in [6.07, 6.45) is 9.30. The molecule has 0 amide bonds. The summed E-state index contributed by atoms with van der Waals surface area (Å²) in [6, 6.07) is 0. The van der Waals surface area contributed by atoms with E-state index in [2.05, 4.69) is 0 Å². The molecular weight excluding hydrogens is 240 g/mol. The number of hydrogen-bond acceptors (Lipinski definition) is 2. The molecule has 0 saturated carbocycles. The van der Waals surface area contributed by atoms with Crippen LogP contribution in [0.4, 0.5) is 0 Å². The Morgan fingerprint density at radius 1 is 0.462 bits per heavy atom. The van der Waals surface area contributed by atoms with Crippen molar-refractivity contribution in [1.29, 1.82) is 0 Å². The molecule has 2 nitrogen and oxygen atoms in total. The van der Waals surface area contributed by atoms with Crippen molar-refractivity contribution < 1.29 is 10.2 Å². The quantitative estimate of drug-likeness (QED) is 0.485. The zero-order chi connectivity index (χ0) is 9.07. The summed E-state index contributed by atoms with van der Waals surface area (Å²) in [5.74, 6) is 0. The fourth-order valence-corrected chi connectivity index (χ4v) is 1.28. The SMILES string of the molecule is OCCCCCCCCCCO.[SrH2]. The maximum atomic E-state index is 8.51. The first-order valence-corrected chi connectivity index (χ1v) is 5.13. The molecule has 0 spiro atoms. The van der Waals surface area contributed by atoms with E-state index in [-0.39, 0.29) is 45.5 Å². The number of rotatable bonds is 9. The van der Waals surface area contributed by atoms with Crippen LogP contribution in [0, 0.1) is 0 Å². The molecule has 0 atom stereocenters. The van der Waals surface area contributed by atoms with Gasteiger partial charge in [0.1, 0.15) is 0 Å². The van der Waals surface area contributed by atoms with Gasteiger partial charge < -0.3 is 10.2 Å². The van der Waals surface area contributed by atoms with Crippen LogP contribution in [0.25, 0.3) is 0 Å². The topological polar surface area (TPSA) is 40.5 Å². The molecule has 0 fully saturated rings. The van der Waals surface area contributed by atoms with Crippen molar-refractivity contribution in [2.75, 3.05) is 13.2 Å². The first-order chi connectivity index (χ1) is 5.91. The van der Waals surface area contributed by atoms with Crippen molar-refractivity contribution in [3.63, 3.8) is 0 Å². The molecule has 0 aromatic heterocycles. The van der Waals surface area contributed by atoms with E-state index in [1.54, 1.807) is 0 Å². The Morgan fingerprint density at radius 3 is 0.923 bits per heavy atom. The van der Waals surface area contributed by atoms with Gasteiger partial charge in [-0.25, -0.2) is 0 Å². The van der Waals surface area contributed by atoms with Gasteiger partial charge in [-0.15, -0.1) is 0 Å². The van der Waals surface area contributed by atoms with Crippen molar-refractivity contribution in [1.82, 2.24) is 0 Å². The van der Waals surface area contributed by atoms with Crippen molar-refractivity contribution >= 4 is 45.5 Å². The second-order valence-electron chi connectivity index (χ2n) is 3.28. The van der Waals surface area contributed by atoms with Crippen LogP contribution in [0.2, 0.25) is 0 Å². The van der Waals surface area contributed by atoms with E-state index in [1.165, 1.54) is 25.7 Å². The van der Waals surface area contributed by atoms with Crippen LogP contribution in [-0.2, 0) is 0 Å². The summed E-state index contributed by atoms with van der Waals surface area (Å²) in [7, 11) is 0. The Hall–Kier alpha value is 1.40. The van der Waals surface area contributed by atoms with Crippen LogP contribution in [0.1, 0.15) is 51.4 Å². The predicted octanol–water partition coefficient (Wildman–Crippen LogP) is 1.18. The predicted molar refractivity (Wildman–Crippen MR) is 59.7 cm³/mol. The van der Waals surface area contributed by atoms with Gasteiger partial charge in [0.05, 0.1) is 0 Å². The molecule has 13 heavy (non-hydrogen) atoms. The Bertz CT molecular complexity index is 69.3. The summed E-state index contributed by atoms with van der Waals surface area (Å²) in [5, 5.41) is 17.0. The van der Waals surface area contributed by atoms with E-state index in [4.69, 9.17) is 10.2 Å². The van der Waals surface area contributed by atoms with E-state index < -0.39 is 0 Å². The molecule has 3 heteroatoms. The summed E-state index contributed by atoms with van der Waals surface area (Å²) >= 11 is 0. The van der Waals surface area contributed by atoms with E-state index >= 15 is 0 Å². The minimum absolute atomic E-state index is 0. The maximum absolute atomic E-state index is 8.51. The van der Waals surface area contributed by atoms with Crippen molar-refractivity contribution in [2.24, 2.45) is 0 Å². The van der Waals surface area contributed by atoms with Gasteiger partial charge in [0.25, 0.3) is 0 Å². The Balaban J connectivity index is 0. The Morgan fingerprint density at radius 2 is 0.692 bits per heavy atom.